The lowest BCUT2D eigenvalue weighted by Gasteiger charge is -2.15. The number of nitrogens with zero attached hydrogens (tertiary/aromatic N) is 1. The molecule has 2 aromatic rings. The van der Waals surface area contributed by atoms with Gasteiger partial charge in [0.1, 0.15) is 11.5 Å². The van der Waals surface area contributed by atoms with Gasteiger partial charge in [-0.05, 0) is 32.9 Å². The Morgan fingerprint density at radius 3 is 2.84 bits per heavy atom. The molecule has 0 unspecified atom stereocenters. The number of nitrogens with one attached hydrogen (secondary N) is 1. The molecule has 102 valence electrons. The van der Waals surface area contributed by atoms with Crippen molar-refractivity contribution in [3.05, 3.63) is 47.2 Å². The SMILES string of the molecule is COc1c(C)cnc(CN[C@@H](C)c2ccco2)c1C. The van der Waals surface area contributed by atoms with Crippen LogP contribution in [-0.4, -0.2) is 12.1 Å². The summed E-state index contributed by atoms with van der Waals surface area (Å²) in [6, 6.07) is 4.02. The number of pyridine rings is 1. The second-order valence-electron chi connectivity index (χ2n) is 4.66. The van der Waals surface area contributed by atoms with E-state index in [0.717, 1.165) is 28.3 Å². The maximum atomic E-state index is 5.41. The molecule has 0 aliphatic rings. The van der Waals surface area contributed by atoms with Crippen molar-refractivity contribution in [3.8, 4) is 5.75 Å². The fraction of sp³-hybridized carbons (Fsp3) is 0.400. The van der Waals surface area contributed by atoms with Crippen molar-refractivity contribution in [1.82, 2.24) is 10.3 Å². The van der Waals surface area contributed by atoms with E-state index in [1.807, 2.05) is 32.2 Å². The van der Waals surface area contributed by atoms with Crippen molar-refractivity contribution in [3.63, 3.8) is 0 Å². The largest absolute Gasteiger partial charge is 0.496 e. The topological polar surface area (TPSA) is 47.3 Å². The molecule has 0 aromatic carbocycles. The van der Waals surface area contributed by atoms with Gasteiger partial charge in [-0.2, -0.15) is 0 Å². The van der Waals surface area contributed by atoms with E-state index >= 15 is 0 Å². The summed E-state index contributed by atoms with van der Waals surface area (Å²) in [5.41, 5.74) is 3.14. The molecule has 4 heteroatoms. The van der Waals surface area contributed by atoms with Gasteiger partial charge in [0.2, 0.25) is 0 Å². The molecule has 0 aliphatic heterocycles. The van der Waals surface area contributed by atoms with Crippen LogP contribution < -0.4 is 10.1 Å². The Morgan fingerprint density at radius 1 is 1.42 bits per heavy atom. The van der Waals surface area contributed by atoms with Crippen LogP contribution in [0, 0.1) is 13.8 Å². The van der Waals surface area contributed by atoms with Crippen molar-refractivity contribution in [2.24, 2.45) is 0 Å². The Hall–Kier alpha value is -1.81. The van der Waals surface area contributed by atoms with Crippen LogP contribution in [0.1, 0.15) is 35.5 Å². The number of hydrogen-bond donors (Lipinski definition) is 1. The minimum absolute atomic E-state index is 0.156. The molecule has 1 N–H and O–H groups in total. The smallest absolute Gasteiger partial charge is 0.128 e. The average molecular weight is 260 g/mol. The predicted molar refractivity (Wildman–Crippen MR) is 74.2 cm³/mol. The van der Waals surface area contributed by atoms with E-state index in [9.17, 15) is 0 Å². The highest BCUT2D eigenvalue weighted by Crippen LogP contribution is 2.24. The van der Waals surface area contributed by atoms with Crippen LogP contribution in [-0.2, 0) is 6.54 Å². The zero-order valence-electron chi connectivity index (χ0n) is 11.9. The average Bonchev–Trinajstić information content (AvgIpc) is 2.92. The molecule has 0 aliphatic carbocycles. The molecule has 0 fully saturated rings. The monoisotopic (exact) mass is 260 g/mol. The minimum atomic E-state index is 0.156. The van der Waals surface area contributed by atoms with Crippen molar-refractivity contribution < 1.29 is 9.15 Å². The molecule has 0 radical (unpaired) electrons. The van der Waals surface area contributed by atoms with E-state index in [0.29, 0.717) is 6.54 Å². The number of ether oxygens (including phenoxy) is 1. The minimum Gasteiger partial charge on any atom is -0.496 e. The Labute approximate surface area is 113 Å². The zero-order valence-corrected chi connectivity index (χ0v) is 11.9. The maximum absolute atomic E-state index is 5.41. The van der Waals surface area contributed by atoms with Gasteiger partial charge in [0.25, 0.3) is 0 Å². The standard InChI is InChI=1S/C15H20N2O2/c1-10-8-17-13(11(2)15(10)18-4)9-16-12(3)14-6-5-7-19-14/h5-8,12,16H,9H2,1-4H3/t12-/m0/s1. The summed E-state index contributed by atoms with van der Waals surface area (Å²) in [7, 11) is 1.69. The third kappa shape index (κ3) is 2.96. The maximum Gasteiger partial charge on any atom is 0.128 e. The fourth-order valence-electron chi connectivity index (χ4n) is 2.14. The molecule has 4 nitrogen and oxygen atoms in total. The number of hydrogen-bond acceptors (Lipinski definition) is 4. The van der Waals surface area contributed by atoms with Gasteiger partial charge in [-0.1, -0.05) is 0 Å². The molecule has 0 bridgehead atoms. The number of methoxy groups -OCH3 is 1. The number of aryl methyl sites for hydroxylation is 1. The van der Waals surface area contributed by atoms with Crippen LogP contribution in [0.5, 0.6) is 5.75 Å². The molecule has 2 aromatic heterocycles. The molecule has 0 saturated heterocycles. The van der Waals surface area contributed by atoms with Gasteiger partial charge < -0.3 is 14.5 Å². The van der Waals surface area contributed by atoms with Gasteiger partial charge in [-0.15, -0.1) is 0 Å². The quantitative estimate of drug-likeness (QED) is 0.897. The zero-order chi connectivity index (χ0) is 13.8. The lowest BCUT2D eigenvalue weighted by Crippen LogP contribution is -2.19. The van der Waals surface area contributed by atoms with Gasteiger partial charge in [-0.3, -0.25) is 4.98 Å². The van der Waals surface area contributed by atoms with E-state index in [-0.39, 0.29) is 6.04 Å². The van der Waals surface area contributed by atoms with Gasteiger partial charge in [0.15, 0.2) is 0 Å². The summed E-state index contributed by atoms with van der Waals surface area (Å²) in [5, 5.41) is 3.40. The molecular weight excluding hydrogens is 240 g/mol. The summed E-state index contributed by atoms with van der Waals surface area (Å²) in [6.45, 7) is 6.79. The summed E-state index contributed by atoms with van der Waals surface area (Å²) in [6.07, 6.45) is 3.53. The first-order valence-corrected chi connectivity index (χ1v) is 6.39. The Bertz CT molecular complexity index is 535. The molecule has 19 heavy (non-hydrogen) atoms. The van der Waals surface area contributed by atoms with Crippen LogP contribution in [0.2, 0.25) is 0 Å². The number of rotatable bonds is 5. The van der Waals surface area contributed by atoms with E-state index in [2.05, 4.69) is 17.2 Å². The molecule has 2 heterocycles. The lowest BCUT2D eigenvalue weighted by atomic mass is 10.1. The lowest BCUT2D eigenvalue weighted by molar-refractivity contribution is 0.404. The molecule has 0 amide bonds. The van der Waals surface area contributed by atoms with Crippen LogP contribution in [0.15, 0.2) is 29.0 Å². The van der Waals surface area contributed by atoms with Crippen LogP contribution in [0.25, 0.3) is 0 Å². The van der Waals surface area contributed by atoms with E-state index < -0.39 is 0 Å². The second kappa shape index (κ2) is 5.89. The van der Waals surface area contributed by atoms with Crippen molar-refractivity contribution in [1.29, 1.82) is 0 Å². The molecule has 0 saturated carbocycles. The van der Waals surface area contributed by atoms with Crippen LogP contribution in [0.3, 0.4) is 0 Å². The normalized spacial score (nSPS) is 12.4. The fourth-order valence-corrected chi connectivity index (χ4v) is 2.14. The van der Waals surface area contributed by atoms with Crippen LogP contribution >= 0.6 is 0 Å². The van der Waals surface area contributed by atoms with E-state index in [4.69, 9.17) is 9.15 Å². The first-order chi connectivity index (χ1) is 9.13. The Balaban J connectivity index is 2.08. The van der Waals surface area contributed by atoms with Crippen molar-refractivity contribution in [2.45, 2.75) is 33.4 Å². The van der Waals surface area contributed by atoms with Gasteiger partial charge in [-0.25, -0.2) is 0 Å². The van der Waals surface area contributed by atoms with Gasteiger partial charge in [0, 0.05) is 23.9 Å². The molecule has 2 rings (SSSR count). The summed E-state index contributed by atoms with van der Waals surface area (Å²) in [4.78, 5) is 4.47. The molecule has 0 spiro atoms. The summed E-state index contributed by atoms with van der Waals surface area (Å²) >= 11 is 0. The van der Waals surface area contributed by atoms with Crippen molar-refractivity contribution in [2.75, 3.05) is 7.11 Å². The first kappa shape index (κ1) is 13.6. The molecule has 1 atom stereocenters. The van der Waals surface area contributed by atoms with E-state index in [1.54, 1.807) is 13.4 Å². The Kier molecular flexibility index (Phi) is 4.22. The summed E-state index contributed by atoms with van der Waals surface area (Å²) < 4.78 is 10.8. The Morgan fingerprint density at radius 2 is 2.21 bits per heavy atom. The predicted octanol–water partition coefficient (Wildman–Crippen LogP) is 3.15. The third-order valence-electron chi connectivity index (χ3n) is 3.30. The highest BCUT2D eigenvalue weighted by Gasteiger charge is 2.12. The molecular formula is C15H20N2O2. The number of furan rings is 1. The van der Waals surface area contributed by atoms with Gasteiger partial charge >= 0.3 is 0 Å². The highest BCUT2D eigenvalue weighted by molar-refractivity contribution is 5.41. The second-order valence-corrected chi connectivity index (χ2v) is 4.66. The third-order valence-corrected chi connectivity index (χ3v) is 3.30. The first-order valence-electron chi connectivity index (χ1n) is 6.39. The summed E-state index contributed by atoms with van der Waals surface area (Å²) in [5.74, 6) is 1.84. The van der Waals surface area contributed by atoms with Crippen molar-refractivity contribution >= 4 is 0 Å². The highest BCUT2D eigenvalue weighted by atomic mass is 16.5. The number of aromatic nitrogens is 1. The van der Waals surface area contributed by atoms with E-state index in [1.165, 1.54) is 0 Å². The van der Waals surface area contributed by atoms with Gasteiger partial charge in [0.05, 0.1) is 25.1 Å². The van der Waals surface area contributed by atoms with Crippen LogP contribution in [0.4, 0.5) is 0 Å².